The second-order valence-electron chi connectivity index (χ2n) is 6.80. The molecule has 1 aliphatic carbocycles. The predicted molar refractivity (Wildman–Crippen MR) is 100 cm³/mol. The standard InChI is InChI=1S/C18H21ClN2O5S/c19-13-3-5-15(6-4-13)27(24,25)21-11-18(8-16(22)17(23)9-18)12-26-14-2-1-7-20-10-14/h1-7,10,16-17,21-23H,8-9,11-12H2. The molecule has 9 heteroatoms. The maximum atomic E-state index is 12.5. The molecule has 7 nitrogen and oxygen atoms in total. The van der Waals surface area contributed by atoms with Crippen LogP contribution < -0.4 is 9.46 Å². The highest BCUT2D eigenvalue weighted by Crippen LogP contribution is 2.39. The van der Waals surface area contributed by atoms with Gasteiger partial charge in [-0.1, -0.05) is 11.6 Å². The fraction of sp³-hybridized carbons (Fsp3) is 0.389. The van der Waals surface area contributed by atoms with Crippen LogP contribution in [0.4, 0.5) is 0 Å². The first-order valence-electron chi connectivity index (χ1n) is 8.44. The van der Waals surface area contributed by atoms with E-state index in [0.717, 1.165) is 0 Å². The van der Waals surface area contributed by atoms with Crippen molar-refractivity contribution in [1.29, 1.82) is 0 Å². The van der Waals surface area contributed by atoms with E-state index in [-0.39, 0.29) is 30.9 Å². The quantitative estimate of drug-likeness (QED) is 0.637. The topological polar surface area (TPSA) is 109 Å². The van der Waals surface area contributed by atoms with E-state index >= 15 is 0 Å². The molecule has 2 atom stereocenters. The molecule has 1 saturated carbocycles. The van der Waals surface area contributed by atoms with Gasteiger partial charge in [-0.2, -0.15) is 0 Å². The van der Waals surface area contributed by atoms with Crippen molar-refractivity contribution in [3.8, 4) is 5.75 Å². The second-order valence-corrected chi connectivity index (χ2v) is 9.00. The summed E-state index contributed by atoms with van der Waals surface area (Å²) in [6.07, 6.45) is 1.75. The van der Waals surface area contributed by atoms with Crippen molar-refractivity contribution in [3.05, 3.63) is 53.8 Å². The minimum Gasteiger partial charge on any atom is -0.491 e. The third-order valence-corrected chi connectivity index (χ3v) is 6.34. The number of rotatable bonds is 7. The SMILES string of the molecule is O=S(=O)(NCC1(COc2cccnc2)CC(O)C(O)C1)c1ccc(Cl)cc1. The first-order chi connectivity index (χ1) is 12.8. The number of aliphatic hydroxyl groups is 2. The average Bonchev–Trinajstić information content (AvgIpc) is 2.94. The van der Waals surface area contributed by atoms with Crippen LogP contribution in [0.1, 0.15) is 12.8 Å². The normalized spacial score (nSPS) is 25.4. The fourth-order valence-electron chi connectivity index (χ4n) is 3.17. The molecule has 3 rings (SSSR count). The van der Waals surface area contributed by atoms with Crippen LogP contribution in [0.2, 0.25) is 5.02 Å². The molecule has 0 amide bonds. The number of nitrogens with one attached hydrogen (secondary N) is 1. The van der Waals surface area contributed by atoms with Gasteiger partial charge in [0.05, 0.1) is 29.9 Å². The van der Waals surface area contributed by atoms with Gasteiger partial charge >= 0.3 is 0 Å². The van der Waals surface area contributed by atoms with Crippen molar-refractivity contribution in [1.82, 2.24) is 9.71 Å². The van der Waals surface area contributed by atoms with Gasteiger partial charge in [0.15, 0.2) is 0 Å². The molecule has 2 unspecified atom stereocenters. The summed E-state index contributed by atoms with van der Waals surface area (Å²) in [6.45, 7) is 0.155. The van der Waals surface area contributed by atoms with Crippen LogP contribution in [0.3, 0.4) is 0 Å². The Labute approximate surface area is 163 Å². The molecule has 2 aromatic rings. The highest BCUT2D eigenvalue weighted by Gasteiger charge is 2.45. The van der Waals surface area contributed by atoms with Crippen LogP contribution in [-0.2, 0) is 10.0 Å². The Morgan fingerprint density at radius 3 is 2.44 bits per heavy atom. The van der Waals surface area contributed by atoms with Gasteiger partial charge in [0.25, 0.3) is 0 Å². The zero-order chi connectivity index (χ0) is 19.5. The van der Waals surface area contributed by atoms with E-state index in [1.165, 1.54) is 24.3 Å². The molecule has 1 aromatic heterocycles. The summed E-state index contributed by atoms with van der Waals surface area (Å²) in [6, 6.07) is 9.30. The summed E-state index contributed by atoms with van der Waals surface area (Å²) in [5, 5.41) is 20.4. The van der Waals surface area contributed by atoms with Gasteiger partial charge in [-0.3, -0.25) is 4.98 Å². The van der Waals surface area contributed by atoms with Crippen LogP contribution in [0, 0.1) is 5.41 Å². The molecule has 0 saturated heterocycles. The van der Waals surface area contributed by atoms with Gasteiger partial charge in [-0.15, -0.1) is 0 Å². The van der Waals surface area contributed by atoms with Gasteiger partial charge in [-0.25, -0.2) is 13.1 Å². The molecule has 1 aliphatic rings. The van der Waals surface area contributed by atoms with E-state index in [1.54, 1.807) is 24.5 Å². The number of nitrogens with zero attached hydrogens (tertiary/aromatic N) is 1. The Bertz CT molecular complexity index is 851. The van der Waals surface area contributed by atoms with Crippen molar-refractivity contribution < 1.29 is 23.4 Å². The molecule has 1 fully saturated rings. The van der Waals surface area contributed by atoms with Crippen molar-refractivity contribution in [2.45, 2.75) is 29.9 Å². The lowest BCUT2D eigenvalue weighted by atomic mass is 9.87. The van der Waals surface area contributed by atoms with Crippen LogP contribution >= 0.6 is 11.6 Å². The largest absolute Gasteiger partial charge is 0.491 e. The lowest BCUT2D eigenvalue weighted by Crippen LogP contribution is -2.40. The third kappa shape index (κ3) is 4.97. The van der Waals surface area contributed by atoms with Gasteiger partial charge in [0.1, 0.15) is 5.75 Å². The van der Waals surface area contributed by atoms with Gasteiger partial charge in [-0.05, 0) is 49.2 Å². The maximum absolute atomic E-state index is 12.5. The summed E-state index contributed by atoms with van der Waals surface area (Å²) < 4.78 is 33.4. The number of ether oxygens (including phenoxy) is 1. The smallest absolute Gasteiger partial charge is 0.240 e. The summed E-state index contributed by atoms with van der Waals surface area (Å²) in [5.41, 5.74) is -0.742. The Morgan fingerprint density at radius 1 is 1.19 bits per heavy atom. The van der Waals surface area contributed by atoms with Crippen molar-refractivity contribution in [2.75, 3.05) is 13.2 Å². The lowest BCUT2D eigenvalue weighted by molar-refractivity contribution is 0.0438. The summed E-state index contributed by atoms with van der Waals surface area (Å²) >= 11 is 5.80. The van der Waals surface area contributed by atoms with E-state index in [9.17, 15) is 18.6 Å². The van der Waals surface area contributed by atoms with Gasteiger partial charge in [0, 0.05) is 23.2 Å². The number of hydrogen-bond donors (Lipinski definition) is 3. The summed E-state index contributed by atoms with van der Waals surface area (Å²) in [5.74, 6) is 0.535. The summed E-state index contributed by atoms with van der Waals surface area (Å²) in [7, 11) is -3.76. The van der Waals surface area contributed by atoms with E-state index in [4.69, 9.17) is 16.3 Å². The zero-order valence-electron chi connectivity index (χ0n) is 14.5. The molecule has 3 N–H and O–H groups in total. The minimum atomic E-state index is -3.76. The predicted octanol–water partition coefficient (Wildman–Crippen LogP) is 1.59. The monoisotopic (exact) mass is 412 g/mol. The number of sulfonamides is 1. The van der Waals surface area contributed by atoms with Crippen molar-refractivity contribution in [3.63, 3.8) is 0 Å². The highest BCUT2D eigenvalue weighted by atomic mass is 35.5. The lowest BCUT2D eigenvalue weighted by Gasteiger charge is -2.29. The molecule has 0 spiro atoms. The highest BCUT2D eigenvalue weighted by molar-refractivity contribution is 7.89. The van der Waals surface area contributed by atoms with E-state index < -0.39 is 27.6 Å². The molecule has 0 aliphatic heterocycles. The summed E-state index contributed by atoms with van der Waals surface area (Å²) in [4.78, 5) is 4.06. The number of halogens is 1. The number of aliphatic hydroxyl groups excluding tert-OH is 2. The molecule has 0 bridgehead atoms. The molecular formula is C18H21ClN2O5S. The number of benzene rings is 1. The van der Waals surface area contributed by atoms with Crippen molar-refractivity contribution >= 4 is 21.6 Å². The first kappa shape index (κ1) is 20.0. The number of hydrogen-bond acceptors (Lipinski definition) is 6. The maximum Gasteiger partial charge on any atom is 0.240 e. The van der Waals surface area contributed by atoms with Gasteiger partial charge in [0.2, 0.25) is 10.0 Å². The average molecular weight is 413 g/mol. The van der Waals surface area contributed by atoms with Gasteiger partial charge < -0.3 is 14.9 Å². The van der Waals surface area contributed by atoms with Crippen LogP contribution in [-0.4, -0.2) is 49.0 Å². The second kappa shape index (κ2) is 8.12. The third-order valence-electron chi connectivity index (χ3n) is 4.67. The van der Waals surface area contributed by atoms with Crippen LogP contribution in [0.25, 0.3) is 0 Å². The van der Waals surface area contributed by atoms with Crippen LogP contribution in [0.5, 0.6) is 5.75 Å². The van der Waals surface area contributed by atoms with Crippen LogP contribution in [0.15, 0.2) is 53.7 Å². The molecule has 1 aromatic carbocycles. The molecule has 27 heavy (non-hydrogen) atoms. The Balaban J connectivity index is 1.73. The van der Waals surface area contributed by atoms with E-state index in [1.807, 2.05) is 0 Å². The minimum absolute atomic E-state index is 0.0202. The van der Waals surface area contributed by atoms with Crippen molar-refractivity contribution in [2.24, 2.45) is 5.41 Å². The van der Waals surface area contributed by atoms with E-state index in [2.05, 4.69) is 9.71 Å². The van der Waals surface area contributed by atoms with E-state index in [0.29, 0.717) is 10.8 Å². The fourth-order valence-corrected chi connectivity index (χ4v) is 4.45. The molecule has 146 valence electrons. The zero-order valence-corrected chi connectivity index (χ0v) is 16.0. The Hall–Kier alpha value is -1.71. The Morgan fingerprint density at radius 2 is 1.85 bits per heavy atom. The molecule has 0 radical (unpaired) electrons. The Kier molecular flexibility index (Phi) is 6.02. The molecular weight excluding hydrogens is 392 g/mol. The first-order valence-corrected chi connectivity index (χ1v) is 10.3. The number of pyridine rings is 1. The number of aromatic nitrogens is 1. The molecule has 1 heterocycles.